The average Bonchev–Trinajstić information content (AvgIpc) is 2.04. The Kier molecular flexibility index (Phi) is 9.21. The summed E-state index contributed by atoms with van der Waals surface area (Å²) in [6.07, 6.45) is 1.93. The largest absolute Gasteiger partial charge is 0.478 e. The lowest BCUT2D eigenvalue weighted by Crippen LogP contribution is -2.27. The second kappa shape index (κ2) is 8.38. The number of carbonyl (C=O) groups is 2. The van der Waals surface area contributed by atoms with Crippen molar-refractivity contribution in [1.82, 2.24) is 5.43 Å². The molecule has 0 fully saturated rings. The summed E-state index contributed by atoms with van der Waals surface area (Å²) in [6.45, 7) is 6.10. The summed E-state index contributed by atoms with van der Waals surface area (Å²) < 4.78 is 0. The van der Waals surface area contributed by atoms with Gasteiger partial charge in [-0.25, -0.2) is 10.6 Å². The van der Waals surface area contributed by atoms with E-state index in [1.165, 1.54) is 0 Å². The first-order valence-electron chi connectivity index (χ1n) is 2.56. The summed E-state index contributed by atoms with van der Waals surface area (Å²) in [5.41, 5.74) is 1.86. The number of carboxylic acids is 1. The van der Waals surface area contributed by atoms with Crippen molar-refractivity contribution in [2.24, 2.45) is 5.84 Å². The van der Waals surface area contributed by atoms with Crippen LogP contribution in [0.15, 0.2) is 25.3 Å². The van der Waals surface area contributed by atoms with Crippen LogP contribution in [0.25, 0.3) is 0 Å². The third-order valence-electron chi connectivity index (χ3n) is 0.502. The first-order valence-corrected chi connectivity index (χ1v) is 2.56. The second-order valence-electron chi connectivity index (χ2n) is 1.26. The van der Waals surface area contributed by atoms with Gasteiger partial charge in [0.05, 0.1) is 0 Å². The van der Waals surface area contributed by atoms with Crippen LogP contribution in [0.4, 0.5) is 0 Å². The molecule has 0 rings (SSSR count). The molecule has 0 atom stereocenters. The fourth-order valence-corrected chi connectivity index (χ4v) is 0.0589. The number of aliphatic carboxylic acids is 1. The number of hydrogen-bond donors (Lipinski definition) is 3. The van der Waals surface area contributed by atoms with Crippen molar-refractivity contribution in [3.63, 3.8) is 0 Å². The minimum Gasteiger partial charge on any atom is -0.478 e. The van der Waals surface area contributed by atoms with Gasteiger partial charge >= 0.3 is 5.97 Å². The van der Waals surface area contributed by atoms with Crippen molar-refractivity contribution >= 4 is 11.9 Å². The SMILES string of the molecule is C=CC(=O)NN.C=CC(=O)O. The van der Waals surface area contributed by atoms with Crippen molar-refractivity contribution in [1.29, 1.82) is 0 Å². The zero-order valence-electron chi connectivity index (χ0n) is 5.91. The molecule has 0 bridgehead atoms. The van der Waals surface area contributed by atoms with Gasteiger partial charge in [-0.15, -0.1) is 0 Å². The lowest BCUT2D eigenvalue weighted by atomic mass is 10.6. The summed E-state index contributed by atoms with van der Waals surface area (Å²) in [4.78, 5) is 19.1. The summed E-state index contributed by atoms with van der Waals surface area (Å²) >= 11 is 0. The van der Waals surface area contributed by atoms with Crippen molar-refractivity contribution in [2.75, 3.05) is 0 Å². The maximum Gasteiger partial charge on any atom is 0.327 e. The van der Waals surface area contributed by atoms with Crippen LogP contribution in [-0.2, 0) is 9.59 Å². The van der Waals surface area contributed by atoms with Crippen LogP contribution in [0, 0.1) is 0 Å². The van der Waals surface area contributed by atoms with Gasteiger partial charge in [-0.05, 0) is 6.08 Å². The molecule has 0 aromatic heterocycles. The predicted molar refractivity (Wildman–Crippen MR) is 40.4 cm³/mol. The molecule has 11 heavy (non-hydrogen) atoms. The van der Waals surface area contributed by atoms with E-state index < -0.39 is 5.97 Å². The van der Waals surface area contributed by atoms with Crippen LogP contribution in [0.1, 0.15) is 0 Å². The molecule has 4 N–H and O–H groups in total. The molecular formula is C6H10N2O3. The monoisotopic (exact) mass is 158 g/mol. The Hall–Kier alpha value is -1.62. The Morgan fingerprint density at radius 1 is 1.36 bits per heavy atom. The number of hydrogen-bond acceptors (Lipinski definition) is 3. The lowest BCUT2D eigenvalue weighted by molar-refractivity contribution is -0.131. The molecule has 0 aliphatic carbocycles. The standard InChI is InChI=1S/C3H6N2O.C3H4O2/c1-2-3(6)5-4;1-2-3(4)5/h2H,1,4H2,(H,5,6);2H,1H2,(H,4,5). The number of carboxylic acid groups (broad SMARTS) is 1. The van der Waals surface area contributed by atoms with Gasteiger partial charge in [-0.2, -0.15) is 0 Å². The Balaban J connectivity index is 0. The van der Waals surface area contributed by atoms with Crippen molar-refractivity contribution in [3.05, 3.63) is 25.3 Å². The Labute approximate surface area is 64.2 Å². The highest BCUT2D eigenvalue weighted by molar-refractivity contribution is 5.86. The van der Waals surface area contributed by atoms with E-state index in [0.29, 0.717) is 0 Å². The molecule has 0 saturated carbocycles. The van der Waals surface area contributed by atoms with Crippen LogP contribution in [0.2, 0.25) is 0 Å². The average molecular weight is 158 g/mol. The van der Waals surface area contributed by atoms with Crippen LogP contribution >= 0.6 is 0 Å². The van der Waals surface area contributed by atoms with Crippen LogP contribution < -0.4 is 11.3 Å². The fraction of sp³-hybridized carbons (Fsp3) is 0. The smallest absolute Gasteiger partial charge is 0.327 e. The summed E-state index contributed by atoms with van der Waals surface area (Å²) in [6, 6.07) is 0. The number of rotatable bonds is 2. The van der Waals surface area contributed by atoms with Gasteiger partial charge in [0, 0.05) is 6.08 Å². The molecule has 0 aliphatic heterocycles. The maximum absolute atomic E-state index is 9.83. The van der Waals surface area contributed by atoms with E-state index in [0.717, 1.165) is 12.2 Å². The predicted octanol–water partition coefficient (Wildman–Crippen LogP) is -0.581. The van der Waals surface area contributed by atoms with E-state index in [1.54, 1.807) is 0 Å². The molecule has 0 aromatic rings. The van der Waals surface area contributed by atoms with E-state index in [1.807, 2.05) is 5.43 Å². The minimum atomic E-state index is -0.981. The van der Waals surface area contributed by atoms with Crippen LogP contribution in [0.3, 0.4) is 0 Å². The Morgan fingerprint density at radius 2 is 1.73 bits per heavy atom. The zero-order valence-corrected chi connectivity index (χ0v) is 5.91. The highest BCUT2D eigenvalue weighted by Gasteiger charge is 1.79. The highest BCUT2D eigenvalue weighted by Crippen LogP contribution is 1.55. The molecule has 5 heteroatoms. The van der Waals surface area contributed by atoms with E-state index in [-0.39, 0.29) is 5.91 Å². The summed E-state index contributed by atoms with van der Waals surface area (Å²) in [5, 5.41) is 7.60. The Morgan fingerprint density at radius 3 is 1.73 bits per heavy atom. The third kappa shape index (κ3) is 17.8. The number of amides is 1. The number of hydrazine groups is 1. The van der Waals surface area contributed by atoms with Crippen LogP contribution in [-0.4, -0.2) is 17.0 Å². The molecule has 0 radical (unpaired) electrons. The van der Waals surface area contributed by atoms with Gasteiger partial charge in [0.15, 0.2) is 0 Å². The minimum absolute atomic E-state index is 0.366. The molecule has 5 nitrogen and oxygen atoms in total. The molecule has 0 aromatic carbocycles. The molecule has 0 spiro atoms. The maximum atomic E-state index is 9.83. The van der Waals surface area contributed by atoms with Gasteiger partial charge in [0.25, 0.3) is 5.91 Å². The molecular weight excluding hydrogens is 148 g/mol. The van der Waals surface area contributed by atoms with Crippen molar-refractivity contribution in [2.45, 2.75) is 0 Å². The quantitative estimate of drug-likeness (QED) is 0.217. The number of nitrogens with two attached hydrogens (primary N) is 1. The lowest BCUT2D eigenvalue weighted by Gasteiger charge is -1.82. The van der Waals surface area contributed by atoms with E-state index in [9.17, 15) is 9.59 Å². The molecule has 0 saturated heterocycles. The first-order chi connectivity index (χ1) is 5.08. The fourth-order valence-electron chi connectivity index (χ4n) is 0.0589. The van der Waals surface area contributed by atoms with Gasteiger partial charge in [0.2, 0.25) is 0 Å². The molecule has 0 heterocycles. The molecule has 62 valence electrons. The second-order valence-corrected chi connectivity index (χ2v) is 1.26. The topological polar surface area (TPSA) is 92.4 Å². The van der Waals surface area contributed by atoms with E-state index in [2.05, 4.69) is 19.0 Å². The summed E-state index contributed by atoms with van der Waals surface area (Å²) in [5.74, 6) is 3.26. The number of nitrogens with one attached hydrogen (secondary N) is 1. The van der Waals surface area contributed by atoms with Gasteiger partial charge in [0.1, 0.15) is 0 Å². The first kappa shape index (κ1) is 12.1. The normalized spacial score (nSPS) is 6.64. The van der Waals surface area contributed by atoms with Gasteiger partial charge in [-0.3, -0.25) is 10.2 Å². The zero-order chi connectivity index (χ0) is 9.28. The highest BCUT2D eigenvalue weighted by atomic mass is 16.4. The Bertz CT molecular complexity index is 165. The molecule has 1 amide bonds. The van der Waals surface area contributed by atoms with Crippen LogP contribution in [0.5, 0.6) is 0 Å². The van der Waals surface area contributed by atoms with Gasteiger partial charge < -0.3 is 5.11 Å². The molecule has 0 aliphatic rings. The van der Waals surface area contributed by atoms with E-state index in [4.69, 9.17) is 5.11 Å². The van der Waals surface area contributed by atoms with Crippen molar-refractivity contribution < 1.29 is 14.7 Å². The van der Waals surface area contributed by atoms with Gasteiger partial charge in [-0.1, -0.05) is 13.2 Å². The van der Waals surface area contributed by atoms with Crippen molar-refractivity contribution in [3.8, 4) is 0 Å². The van der Waals surface area contributed by atoms with E-state index >= 15 is 0 Å². The summed E-state index contributed by atoms with van der Waals surface area (Å²) in [7, 11) is 0. The number of carbonyl (C=O) groups excluding carboxylic acids is 1. The third-order valence-corrected chi connectivity index (χ3v) is 0.502. The molecule has 0 unspecified atom stereocenters.